The Morgan fingerprint density at radius 1 is 0.266 bits per heavy atom. The fraction of sp³-hybridized carbons (Fsp3) is 0.630. The molecule has 0 N–H and O–H groups in total. The lowest BCUT2D eigenvalue weighted by molar-refractivity contribution is -0.167. The van der Waals surface area contributed by atoms with Crippen molar-refractivity contribution in [2.24, 2.45) is 0 Å². The van der Waals surface area contributed by atoms with Crippen LogP contribution in [0.15, 0.2) is 146 Å². The quantitative estimate of drug-likeness (QED) is 0.0261. The van der Waals surface area contributed by atoms with Crippen molar-refractivity contribution in [1.82, 2.24) is 0 Å². The molecule has 446 valence electrons. The smallest absolute Gasteiger partial charge is 0.306 e. The van der Waals surface area contributed by atoms with Gasteiger partial charge < -0.3 is 14.2 Å². The van der Waals surface area contributed by atoms with E-state index in [-0.39, 0.29) is 31.1 Å². The van der Waals surface area contributed by atoms with Crippen molar-refractivity contribution in [3.63, 3.8) is 0 Å². The van der Waals surface area contributed by atoms with Gasteiger partial charge in [0.1, 0.15) is 13.2 Å². The zero-order valence-electron chi connectivity index (χ0n) is 51.1. The summed E-state index contributed by atoms with van der Waals surface area (Å²) in [5, 5.41) is 0. The van der Waals surface area contributed by atoms with Crippen LogP contribution in [0.4, 0.5) is 0 Å². The first-order valence-corrected chi connectivity index (χ1v) is 32.3. The second kappa shape index (κ2) is 65.8. The predicted octanol–water partition coefficient (Wildman–Crippen LogP) is 22.3. The highest BCUT2D eigenvalue weighted by Crippen LogP contribution is 2.14. The number of carbonyl (C=O) groups is 3. The molecule has 0 aromatic heterocycles. The van der Waals surface area contributed by atoms with E-state index in [1.807, 2.05) is 0 Å². The van der Waals surface area contributed by atoms with Gasteiger partial charge in [-0.15, -0.1) is 0 Å². The first-order valence-electron chi connectivity index (χ1n) is 32.3. The molecule has 6 heteroatoms. The molecule has 0 aromatic carbocycles. The number of allylic oxidation sites excluding steroid dienone is 24. The van der Waals surface area contributed by atoms with E-state index in [2.05, 4.69) is 167 Å². The molecule has 6 nitrogen and oxygen atoms in total. The van der Waals surface area contributed by atoms with Gasteiger partial charge in [-0.3, -0.25) is 14.4 Å². The summed E-state index contributed by atoms with van der Waals surface area (Å²) in [7, 11) is 0. The van der Waals surface area contributed by atoms with E-state index >= 15 is 0 Å². The molecular weight excluding hydrogens is 973 g/mol. The summed E-state index contributed by atoms with van der Waals surface area (Å²) < 4.78 is 16.9. The Bertz CT molecular complexity index is 1730. The van der Waals surface area contributed by atoms with Crippen LogP contribution >= 0.6 is 0 Å². The molecule has 0 fully saturated rings. The number of hydrogen-bond donors (Lipinski definition) is 0. The summed E-state index contributed by atoms with van der Waals surface area (Å²) in [5.74, 6) is -0.941. The average molecular weight is 1090 g/mol. The summed E-state index contributed by atoms with van der Waals surface area (Å²) in [6, 6.07) is 0. The lowest BCUT2D eigenvalue weighted by Gasteiger charge is -2.18. The molecule has 0 aliphatic carbocycles. The number of rotatable bonds is 57. The zero-order valence-corrected chi connectivity index (χ0v) is 51.1. The van der Waals surface area contributed by atoms with Crippen molar-refractivity contribution in [2.45, 2.75) is 284 Å². The summed E-state index contributed by atoms with van der Waals surface area (Å²) in [5.41, 5.74) is 0. The minimum Gasteiger partial charge on any atom is -0.462 e. The van der Waals surface area contributed by atoms with Crippen molar-refractivity contribution in [1.29, 1.82) is 0 Å². The van der Waals surface area contributed by atoms with E-state index < -0.39 is 6.10 Å². The Morgan fingerprint density at radius 3 is 0.810 bits per heavy atom. The van der Waals surface area contributed by atoms with Crippen LogP contribution in [-0.4, -0.2) is 37.2 Å². The maximum absolute atomic E-state index is 12.9. The first-order chi connectivity index (χ1) is 39.0. The number of esters is 3. The molecule has 0 aliphatic rings. The van der Waals surface area contributed by atoms with Crippen LogP contribution < -0.4 is 0 Å². The highest BCUT2D eigenvalue weighted by Gasteiger charge is 2.19. The number of carbonyl (C=O) groups excluding carboxylic acids is 3. The number of ether oxygens (including phenoxy) is 3. The number of unbranched alkanes of at least 4 members (excludes halogenated alkanes) is 22. The third kappa shape index (κ3) is 64.0. The Kier molecular flexibility index (Phi) is 61.9. The van der Waals surface area contributed by atoms with Crippen molar-refractivity contribution >= 4 is 17.9 Å². The third-order valence-corrected chi connectivity index (χ3v) is 13.3. The SMILES string of the molecule is CC/C=C\C/C=C\C/C=C\C/C=C\C/C=C\C/C=C\C/C=C\C/C=C\C/C=C\CCCCCCCC(=O)OCC(COC(=O)CCCCCCC/C=C\CCCCCC)OC(=O)CCCCCCC/C=C\C/C=C\CCCCC. The van der Waals surface area contributed by atoms with Gasteiger partial charge >= 0.3 is 17.9 Å². The zero-order chi connectivity index (χ0) is 57.1. The van der Waals surface area contributed by atoms with Crippen LogP contribution in [0.2, 0.25) is 0 Å². The average Bonchev–Trinajstić information content (AvgIpc) is 3.45. The van der Waals surface area contributed by atoms with E-state index in [0.29, 0.717) is 19.3 Å². The van der Waals surface area contributed by atoms with Crippen LogP contribution in [0.5, 0.6) is 0 Å². The summed E-state index contributed by atoms with van der Waals surface area (Å²) in [4.78, 5) is 38.2. The molecule has 0 aromatic rings. The van der Waals surface area contributed by atoms with Crippen LogP contribution in [0, 0.1) is 0 Å². The molecule has 0 amide bonds. The second-order valence-corrected chi connectivity index (χ2v) is 20.9. The summed E-state index contributed by atoms with van der Waals surface area (Å²) >= 11 is 0. The first kappa shape index (κ1) is 74.3. The van der Waals surface area contributed by atoms with Gasteiger partial charge in [-0.25, -0.2) is 0 Å². The van der Waals surface area contributed by atoms with Crippen molar-refractivity contribution < 1.29 is 28.6 Å². The van der Waals surface area contributed by atoms with Crippen LogP contribution in [0.1, 0.15) is 278 Å². The van der Waals surface area contributed by atoms with Gasteiger partial charge in [-0.2, -0.15) is 0 Å². The molecule has 79 heavy (non-hydrogen) atoms. The largest absolute Gasteiger partial charge is 0.462 e. The third-order valence-electron chi connectivity index (χ3n) is 13.3. The van der Waals surface area contributed by atoms with E-state index in [1.165, 1.54) is 64.2 Å². The van der Waals surface area contributed by atoms with E-state index in [4.69, 9.17) is 14.2 Å². The predicted molar refractivity (Wildman–Crippen MR) is 343 cm³/mol. The molecule has 0 radical (unpaired) electrons. The molecule has 1 atom stereocenters. The van der Waals surface area contributed by atoms with Gasteiger partial charge in [0, 0.05) is 19.3 Å². The Hall–Kier alpha value is -4.71. The van der Waals surface area contributed by atoms with E-state index in [9.17, 15) is 14.4 Å². The molecule has 0 aliphatic heterocycles. The normalized spacial score (nSPS) is 13.1. The molecule has 0 spiro atoms. The molecule has 1 unspecified atom stereocenters. The fourth-order valence-corrected chi connectivity index (χ4v) is 8.46. The molecule has 0 saturated carbocycles. The molecule has 0 bridgehead atoms. The minimum atomic E-state index is -0.803. The van der Waals surface area contributed by atoms with Gasteiger partial charge in [-0.05, 0) is 148 Å². The van der Waals surface area contributed by atoms with E-state index in [0.717, 1.165) is 173 Å². The van der Waals surface area contributed by atoms with Crippen LogP contribution in [0.3, 0.4) is 0 Å². The topological polar surface area (TPSA) is 78.9 Å². The lowest BCUT2D eigenvalue weighted by Crippen LogP contribution is -2.30. The second-order valence-electron chi connectivity index (χ2n) is 20.9. The van der Waals surface area contributed by atoms with E-state index in [1.54, 1.807) is 0 Å². The summed E-state index contributed by atoms with van der Waals surface area (Å²) in [6.45, 7) is 6.45. The minimum absolute atomic E-state index is 0.0980. The Labute approximate surface area is 487 Å². The molecular formula is C73H118O6. The highest BCUT2D eigenvalue weighted by atomic mass is 16.6. The standard InChI is InChI=1S/C73H118O6/c1-4-7-10-13-16-19-22-25-27-28-29-30-31-32-33-34-35-36-37-38-39-40-41-42-43-44-46-48-51-54-57-60-63-66-72(75)78-69-70(68-77-71(74)65-62-59-56-53-50-47-24-21-18-15-12-9-6-3)79-73(76)67-64-61-58-55-52-49-45-26-23-20-17-14-11-8-5-2/h7,10,16-17,19-21,24-27,29-30,32-33,35-36,38-39,41-42,44-46,70H,4-6,8-9,11-15,18,22-23,28,31,34,37,40,43,47-69H2,1-3H3/b10-7-,19-16-,20-17-,24-21-,27-25-,30-29-,33-32-,36-35-,39-38-,42-41-,45-26-,46-44-. The van der Waals surface area contributed by atoms with Gasteiger partial charge in [0.2, 0.25) is 0 Å². The van der Waals surface area contributed by atoms with Gasteiger partial charge in [-0.1, -0.05) is 256 Å². The highest BCUT2D eigenvalue weighted by molar-refractivity contribution is 5.71. The van der Waals surface area contributed by atoms with Crippen LogP contribution in [0.25, 0.3) is 0 Å². The monoisotopic (exact) mass is 1090 g/mol. The van der Waals surface area contributed by atoms with Crippen molar-refractivity contribution in [2.75, 3.05) is 13.2 Å². The molecule has 0 saturated heterocycles. The van der Waals surface area contributed by atoms with Crippen LogP contribution in [-0.2, 0) is 28.6 Å². The fourth-order valence-electron chi connectivity index (χ4n) is 8.46. The van der Waals surface area contributed by atoms with Gasteiger partial charge in [0.15, 0.2) is 6.10 Å². The Morgan fingerprint density at radius 2 is 0.494 bits per heavy atom. The van der Waals surface area contributed by atoms with Crippen molar-refractivity contribution in [3.05, 3.63) is 146 Å². The Balaban J connectivity index is 4.34. The maximum Gasteiger partial charge on any atom is 0.306 e. The van der Waals surface area contributed by atoms with Crippen molar-refractivity contribution in [3.8, 4) is 0 Å². The maximum atomic E-state index is 12.9. The lowest BCUT2D eigenvalue weighted by atomic mass is 10.1. The summed E-state index contributed by atoms with van der Waals surface area (Å²) in [6.07, 6.45) is 94.2. The van der Waals surface area contributed by atoms with Gasteiger partial charge in [0.05, 0.1) is 0 Å². The number of hydrogen-bond acceptors (Lipinski definition) is 6. The molecule has 0 rings (SSSR count). The van der Waals surface area contributed by atoms with Gasteiger partial charge in [0.25, 0.3) is 0 Å². The molecule has 0 heterocycles.